The van der Waals surface area contributed by atoms with Gasteiger partial charge in [-0.1, -0.05) is 27.5 Å². The van der Waals surface area contributed by atoms with E-state index in [2.05, 4.69) is 20.7 Å². The Bertz CT molecular complexity index is 790. The molecule has 0 aliphatic carbocycles. The molecule has 8 heteroatoms. The summed E-state index contributed by atoms with van der Waals surface area (Å²) in [6.07, 6.45) is 0. The summed E-state index contributed by atoms with van der Waals surface area (Å²) in [5, 5.41) is 8.73. The molecule has 0 unspecified atom stereocenters. The number of rotatable bonds is 4. The lowest BCUT2D eigenvalue weighted by Crippen LogP contribution is -2.13. The molecule has 0 aromatic heterocycles. The summed E-state index contributed by atoms with van der Waals surface area (Å²) < 4.78 is 27.6. The molecule has 0 saturated carbocycles. The van der Waals surface area contributed by atoms with Gasteiger partial charge >= 0.3 is 5.97 Å². The Morgan fingerprint density at radius 2 is 1.76 bits per heavy atom. The Balaban J connectivity index is 2.33. The van der Waals surface area contributed by atoms with Gasteiger partial charge in [0, 0.05) is 10.2 Å². The van der Waals surface area contributed by atoms with E-state index >= 15 is 0 Å². The number of hydrogen-bond acceptors (Lipinski definition) is 3. The molecule has 0 spiro atoms. The predicted molar refractivity (Wildman–Crippen MR) is 83.4 cm³/mol. The summed E-state index contributed by atoms with van der Waals surface area (Å²) in [7, 11) is -3.83. The topological polar surface area (TPSA) is 83.5 Å². The highest BCUT2D eigenvalue weighted by atomic mass is 79.9. The average Bonchev–Trinajstić information content (AvgIpc) is 2.40. The van der Waals surface area contributed by atoms with E-state index in [0.29, 0.717) is 5.69 Å². The Hall–Kier alpha value is -1.57. The van der Waals surface area contributed by atoms with E-state index in [4.69, 9.17) is 16.7 Å². The molecule has 0 saturated heterocycles. The zero-order valence-corrected chi connectivity index (χ0v) is 13.5. The Labute approximate surface area is 134 Å². The number of benzene rings is 2. The fraction of sp³-hybridized carbons (Fsp3) is 0. The fourth-order valence-corrected chi connectivity index (χ4v) is 3.24. The predicted octanol–water partition coefficient (Wildman–Crippen LogP) is 3.60. The number of carboxylic acids is 1. The first-order chi connectivity index (χ1) is 9.79. The number of halogens is 2. The van der Waals surface area contributed by atoms with Crippen molar-refractivity contribution in [2.45, 2.75) is 4.90 Å². The van der Waals surface area contributed by atoms with Crippen LogP contribution in [0.15, 0.2) is 51.8 Å². The van der Waals surface area contributed by atoms with Crippen molar-refractivity contribution in [2.24, 2.45) is 0 Å². The average molecular weight is 391 g/mol. The maximum atomic E-state index is 12.2. The van der Waals surface area contributed by atoms with Gasteiger partial charge in [-0.15, -0.1) is 0 Å². The highest BCUT2D eigenvalue weighted by Crippen LogP contribution is 2.23. The summed E-state index contributed by atoms with van der Waals surface area (Å²) in [6.45, 7) is 0. The molecule has 2 aromatic rings. The molecule has 21 heavy (non-hydrogen) atoms. The SMILES string of the molecule is O=C(O)c1ccc(S(=O)(=O)Nc2ccc(Br)cc2)cc1Cl. The number of hydrogen-bond donors (Lipinski definition) is 2. The second kappa shape index (κ2) is 6.05. The number of sulfonamides is 1. The standard InChI is InChI=1S/C13H9BrClNO4S/c14-8-1-3-9(4-2-8)16-21(19,20)10-5-6-11(13(17)18)12(15)7-10/h1-7,16H,(H,17,18). The van der Waals surface area contributed by atoms with Gasteiger partial charge < -0.3 is 5.11 Å². The lowest BCUT2D eigenvalue weighted by Gasteiger charge is -2.09. The van der Waals surface area contributed by atoms with Gasteiger partial charge in [0.1, 0.15) is 0 Å². The van der Waals surface area contributed by atoms with Crippen molar-refractivity contribution in [2.75, 3.05) is 4.72 Å². The maximum Gasteiger partial charge on any atom is 0.337 e. The summed E-state index contributed by atoms with van der Waals surface area (Å²) in [6, 6.07) is 10.0. The third-order valence-electron chi connectivity index (χ3n) is 2.58. The van der Waals surface area contributed by atoms with E-state index < -0.39 is 16.0 Å². The molecule has 0 atom stereocenters. The molecule has 0 bridgehead atoms. The van der Waals surface area contributed by atoms with E-state index in [0.717, 1.165) is 16.6 Å². The summed E-state index contributed by atoms with van der Waals surface area (Å²) in [4.78, 5) is 10.7. The molecule has 0 fully saturated rings. The molecule has 0 amide bonds. The lowest BCUT2D eigenvalue weighted by atomic mass is 10.2. The van der Waals surface area contributed by atoms with E-state index in [9.17, 15) is 13.2 Å². The van der Waals surface area contributed by atoms with Gasteiger partial charge in [-0.05, 0) is 42.5 Å². The summed E-state index contributed by atoms with van der Waals surface area (Å²) >= 11 is 9.03. The van der Waals surface area contributed by atoms with Crippen molar-refractivity contribution in [3.63, 3.8) is 0 Å². The lowest BCUT2D eigenvalue weighted by molar-refractivity contribution is 0.0697. The molecule has 0 aliphatic rings. The van der Waals surface area contributed by atoms with Gasteiger partial charge in [0.2, 0.25) is 0 Å². The highest BCUT2D eigenvalue weighted by Gasteiger charge is 2.17. The Morgan fingerprint density at radius 1 is 1.14 bits per heavy atom. The largest absolute Gasteiger partial charge is 0.478 e. The minimum Gasteiger partial charge on any atom is -0.478 e. The van der Waals surface area contributed by atoms with Crippen LogP contribution in [-0.2, 0) is 10.0 Å². The fourth-order valence-electron chi connectivity index (χ4n) is 1.57. The summed E-state index contributed by atoms with van der Waals surface area (Å²) in [5.74, 6) is -1.22. The molecule has 110 valence electrons. The van der Waals surface area contributed by atoms with Crippen molar-refractivity contribution in [3.8, 4) is 0 Å². The first-order valence-corrected chi connectivity index (χ1v) is 8.26. The molecule has 2 aromatic carbocycles. The monoisotopic (exact) mass is 389 g/mol. The van der Waals surface area contributed by atoms with E-state index in [-0.39, 0.29) is 15.5 Å². The third-order valence-corrected chi connectivity index (χ3v) is 4.80. The van der Waals surface area contributed by atoms with Crippen molar-refractivity contribution < 1.29 is 18.3 Å². The van der Waals surface area contributed by atoms with Crippen molar-refractivity contribution >= 4 is 49.2 Å². The molecule has 0 heterocycles. The Kier molecular flexibility index (Phi) is 4.55. The van der Waals surface area contributed by atoms with Crippen LogP contribution in [0.1, 0.15) is 10.4 Å². The summed E-state index contributed by atoms with van der Waals surface area (Å²) in [5.41, 5.74) is 0.232. The van der Waals surface area contributed by atoms with Gasteiger partial charge in [0.25, 0.3) is 10.0 Å². The second-order valence-corrected chi connectivity index (χ2v) is 7.06. The second-order valence-electron chi connectivity index (χ2n) is 4.06. The van der Waals surface area contributed by atoms with Crippen LogP contribution in [0.2, 0.25) is 5.02 Å². The third kappa shape index (κ3) is 3.75. The van der Waals surface area contributed by atoms with Crippen LogP contribution in [-0.4, -0.2) is 19.5 Å². The highest BCUT2D eigenvalue weighted by molar-refractivity contribution is 9.10. The number of aromatic carboxylic acids is 1. The maximum absolute atomic E-state index is 12.2. The molecule has 0 radical (unpaired) electrons. The number of nitrogens with one attached hydrogen (secondary N) is 1. The number of carbonyl (C=O) groups is 1. The number of carboxylic acid groups (broad SMARTS) is 1. The first kappa shape index (κ1) is 15.8. The normalized spacial score (nSPS) is 11.1. The van der Waals surface area contributed by atoms with E-state index in [1.54, 1.807) is 24.3 Å². The molecule has 5 nitrogen and oxygen atoms in total. The minimum absolute atomic E-state index is 0.111. The van der Waals surface area contributed by atoms with Crippen molar-refractivity contribution in [1.82, 2.24) is 0 Å². The van der Waals surface area contributed by atoms with Crippen LogP contribution in [0.3, 0.4) is 0 Å². The minimum atomic E-state index is -3.83. The van der Waals surface area contributed by atoms with E-state index in [1.807, 2.05) is 0 Å². The van der Waals surface area contributed by atoms with Gasteiger partial charge in [0.15, 0.2) is 0 Å². The smallest absolute Gasteiger partial charge is 0.337 e. The zero-order chi connectivity index (χ0) is 15.6. The van der Waals surface area contributed by atoms with Gasteiger partial charge in [0.05, 0.1) is 15.5 Å². The molecular weight excluding hydrogens is 382 g/mol. The molecule has 2 N–H and O–H groups in total. The number of anilines is 1. The first-order valence-electron chi connectivity index (χ1n) is 5.61. The Morgan fingerprint density at radius 3 is 2.29 bits per heavy atom. The van der Waals surface area contributed by atoms with E-state index in [1.165, 1.54) is 6.07 Å². The quantitative estimate of drug-likeness (QED) is 0.835. The van der Waals surface area contributed by atoms with Crippen LogP contribution in [0, 0.1) is 0 Å². The van der Waals surface area contributed by atoms with Crippen molar-refractivity contribution in [1.29, 1.82) is 0 Å². The molecule has 2 rings (SSSR count). The van der Waals surface area contributed by atoms with Gasteiger partial charge in [-0.3, -0.25) is 4.72 Å². The van der Waals surface area contributed by atoms with Crippen molar-refractivity contribution in [3.05, 3.63) is 57.5 Å². The van der Waals surface area contributed by atoms with Crippen LogP contribution in [0.25, 0.3) is 0 Å². The molecule has 0 aliphatic heterocycles. The van der Waals surface area contributed by atoms with Gasteiger partial charge in [-0.2, -0.15) is 0 Å². The van der Waals surface area contributed by atoms with Gasteiger partial charge in [-0.25, -0.2) is 13.2 Å². The van der Waals surface area contributed by atoms with Crippen LogP contribution >= 0.6 is 27.5 Å². The van der Waals surface area contributed by atoms with Crippen LogP contribution in [0.4, 0.5) is 5.69 Å². The van der Waals surface area contributed by atoms with Crippen LogP contribution in [0.5, 0.6) is 0 Å². The molecular formula is C13H9BrClNO4S. The van der Waals surface area contributed by atoms with Crippen LogP contribution < -0.4 is 4.72 Å². The zero-order valence-electron chi connectivity index (χ0n) is 10.4.